The van der Waals surface area contributed by atoms with Gasteiger partial charge in [0.25, 0.3) is 0 Å². The highest BCUT2D eigenvalue weighted by molar-refractivity contribution is 7.80. The van der Waals surface area contributed by atoms with Gasteiger partial charge in [-0.1, -0.05) is 18.2 Å². The molecule has 1 aromatic heterocycles. The van der Waals surface area contributed by atoms with Gasteiger partial charge in [0, 0.05) is 25.8 Å². The maximum Gasteiger partial charge on any atom is 0.172 e. The first-order valence-corrected chi connectivity index (χ1v) is 9.41. The maximum absolute atomic E-state index is 6.08. The van der Waals surface area contributed by atoms with Gasteiger partial charge in [0.2, 0.25) is 0 Å². The second-order valence-corrected chi connectivity index (χ2v) is 7.20. The smallest absolute Gasteiger partial charge is 0.172 e. The van der Waals surface area contributed by atoms with Gasteiger partial charge in [-0.05, 0) is 68.4 Å². The first-order chi connectivity index (χ1) is 12.6. The Hall–Kier alpha value is -2.18. The average Bonchev–Trinajstić information content (AvgIpc) is 2.65. The average molecular weight is 371 g/mol. The number of benzene rings is 1. The van der Waals surface area contributed by atoms with Crippen LogP contribution in [0, 0.1) is 6.92 Å². The second kappa shape index (κ2) is 8.96. The summed E-state index contributed by atoms with van der Waals surface area (Å²) in [5.41, 5.74) is 2.28. The summed E-state index contributed by atoms with van der Waals surface area (Å²) >= 11 is 5.32. The fourth-order valence-electron chi connectivity index (χ4n) is 2.87. The van der Waals surface area contributed by atoms with Crippen LogP contribution in [0.2, 0.25) is 0 Å². The van der Waals surface area contributed by atoms with E-state index in [4.69, 9.17) is 17.0 Å². The van der Waals surface area contributed by atoms with Crippen LogP contribution in [0.25, 0.3) is 0 Å². The quantitative estimate of drug-likeness (QED) is 0.787. The number of likely N-dealkylation sites (tertiary alicyclic amines) is 1. The minimum atomic E-state index is 0.328. The van der Waals surface area contributed by atoms with E-state index in [9.17, 15) is 0 Å². The molecule has 26 heavy (non-hydrogen) atoms. The van der Waals surface area contributed by atoms with Crippen LogP contribution < -0.4 is 15.4 Å². The van der Waals surface area contributed by atoms with Gasteiger partial charge in [0.05, 0.1) is 0 Å². The molecule has 1 saturated heterocycles. The number of aromatic nitrogens is 1. The number of hydrogen-bond donors (Lipinski definition) is 2. The highest BCUT2D eigenvalue weighted by Gasteiger charge is 2.17. The van der Waals surface area contributed by atoms with E-state index in [1.807, 2.05) is 37.4 Å². The molecule has 0 radical (unpaired) electrons. The third-order valence-electron chi connectivity index (χ3n) is 4.50. The summed E-state index contributed by atoms with van der Waals surface area (Å²) in [5.74, 6) is 1.68. The lowest BCUT2D eigenvalue weighted by Crippen LogP contribution is -2.35. The molecule has 0 amide bonds. The van der Waals surface area contributed by atoms with E-state index in [-0.39, 0.29) is 0 Å². The van der Waals surface area contributed by atoms with Crippen LogP contribution in [0.5, 0.6) is 5.75 Å². The van der Waals surface area contributed by atoms with E-state index in [1.54, 1.807) is 0 Å². The molecule has 6 heteroatoms. The number of thiocarbonyl (C=S) groups is 1. The Labute approximate surface area is 160 Å². The predicted octanol–water partition coefficient (Wildman–Crippen LogP) is 3.35. The minimum Gasteiger partial charge on any atom is -0.490 e. The van der Waals surface area contributed by atoms with Crippen molar-refractivity contribution < 1.29 is 4.74 Å². The second-order valence-electron chi connectivity index (χ2n) is 6.79. The Balaban J connectivity index is 1.43. The van der Waals surface area contributed by atoms with Crippen LogP contribution in [0.15, 0.2) is 42.6 Å². The number of nitrogens with one attached hydrogen (secondary N) is 2. The molecule has 2 N–H and O–H groups in total. The number of aryl methyl sites for hydroxylation is 1. The Morgan fingerprint density at radius 1 is 1.19 bits per heavy atom. The summed E-state index contributed by atoms with van der Waals surface area (Å²) in [5, 5.41) is 6.85. The Morgan fingerprint density at radius 2 is 1.92 bits per heavy atom. The molecule has 0 saturated carbocycles. The molecular formula is C20H26N4OS. The summed E-state index contributed by atoms with van der Waals surface area (Å²) in [7, 11) is 2.16. The molecule has 1 aliphatic heterocycles. The van der Waals surface area contributed by atoms with Crippen LogP contribution in [0.4, 0.5) is 5.82 Å². The van der Waals surface area contributed by atoms with E-state index >= 15 is 0 Å². The molecular weight excluding hydrogens is 344 g/mol. The van der Waals surface area contributed by atoms with Crippen LogP contribution in [-0.4, -0.2) is 41.2 Å². The summed E-state index contributed by atoms with van der Waals surface area (Å²) in [4.78, 5) is 6.63. The van der Waals surface area contributed by atoms with Gasteiger partial charge in [0.1, 0.15) is 17.7 Å². The minimum absolute atomic E-state index is 0.328. The Bertz CT molecular complexity index is 710. The number of nitrogens with zero attached hydrogens (tertiary/aromatic N) is 2. The van der Waals surface area contributed by atoms with E-state index in [0.29, 0.717) is 17.8 Å². The van der Waals surface area contributed by atoms with Crippen molar-refractivity contribution in [2.75, 3.05) is 25.5 Å². The van der Waals surface area contributed by atoms with Gasteiger partial charge in [0.15, 0.2) is 5.11 Å². The Morgan fingerprint density at radius 3 is 2.58 bits per heavy atom. The highest BCUT2D eigenvalue weighted by atomic mass is 32.1. The van der Waals surface area contributed by atoms with Crippen molar-refractivity contribution in [3.8, 4) is 5.75 Å². The zero-order valence-corrected chi connectivity index (χ0v) is 16.2. The summed E-state index contributed by atoms with van der Waals surface area (Å²) in [6.45, 7) is 4.87. The normalized spacial score (nSPS) is 15.5. The number of hydrogen-bond acceptors (Lipinski definition) is 4. The van der Waals surface area contributed by atoms with Crippen molar-refractivity contribution >= 4 is 23.1 Å². The van der Waals surface area contributed by atoms with Crippen LogP contribution in [0.3, 0.4) is 0 Å². The molecule has 0 unspecified atom stereocenters. The number of ether oxygens (including phenoxy) is 1. The largest absolute Gasteiger partial charge is 0.490 e. The third kappa shape index (κ3) is 5.68. The molecule has 0 atom stereocenters. The van der Waals surface area contributed by atoms with Crippen molar-refractivity contribution in [3.05, 3.63) is 53.7 Å². The van der Waals surface area contributed by atoms with Gasteiger partial charge < -0.3 is 20.3 Å². The SMILES string of the molecule is Cc1ccc(NC(=S)NCc2ccc(OC3CCN(C)CC3)cc2)nc1. The van der Waals surface area contributed by atoms with E-state index in [1.165, 1.54) is 0 Å². The van der Waals surface area contributed by atoms with Crippen molar-refractivity contribution in [2.24, 2.45) is 0 Å². The molecule has 1 aliphatic rings. The lowest BCUT2D eigenvalue weighted by atomic mass is 10.1. The van der Waals surface area contributed by atoms with Crippen LogP contribution in [-0.2, 0) is 6.54 Å². The van der Waals surface area contributed by atoms with Crippen LogP contribution in [0.1, 0.15) is 24.0 Å². The predicted molar refractivity (Wildman–Crippen MR) is 110 cm³/mol. The maximum atomic E-state index is 6.08. The Kier molecular flexibility index (Phi) is 6.41. The monoisotopic (exact) mass is 370 g/mol. The molecule has 5 nitrogen and oxygen atoms in total. The fourth-order valence-corrected chi connectivity index (χ4v) is 3.04. The molecule has 138 valence electrons. The van der Waals surface area contributed by atoms with Gasteiger partial charge >= 0.3 is 0 Å². The van der Waals surface area contributed by atoms with E-state index < -0.39 is 0 Å². The fraction of sp³-hybridized carbons (Fsp3) is 0.400. The highest BCUT2D eigenvalue weighted by Crippen LogP contribution is 2.19. The van der Waals surface area contributed by atoms with Crippen LogP contribution >= 0.6 is 12.2 Å². The molecule has 3 rings (SSSR count). The standard InChI is InChI=1S/C20H26N4OS/c1-15-3-8-19(21-13-15)23-20(26)22-14-16-4-6-17(7-5-16)25-18-9-11-24(2)12-10-18/h3-8,13,18H,9-12,14H2,1-2H3,(H2,21,22,23,26). The number of anilines is 1. The van der Waals surface area contributed by atoms with Crippen molar-refractivity contribution in [1.29, 1.82) is 0 Å². The van der Waals surface area contributed by atoms with Gasteiger partial charge in [-0.15, -0.1) is 0 Å². The summed E-state index contributed by atoms with van der Waals surface area (Å²) in [6.07, 6.45) is 4.32. The molecule has 0 aliphatic carbocycles. The van der Waals surface area contributed by atoms with Crippen molar-refractivity contribution in [2.45, 2.75) is 32.4 Å². The van der Waals surface area contributed by atoms with Gasteiger partial charge in [-0.2, -0.15) is 0 Å². The summed E-state index contributed by atoms with van der Waals surface area (Å²) in [6, 6.07) is 12.1. The molecule has 2 aromatic rings. The van der Waals surface area contributed by atoms with E-state index in [0.717, 1.165) is 48.6 Å². The lowest BCUT2D eigenvalue weighted by molar-refractivity contribution is 0.114. The first-order valence-electron chi connectivity index (χ1n) is 9.00. The zero-order valence-electron chi connectivity index (χ0n) is 15.4. The zero-order chi connectivity index (χ0) is 18.4. The van der Waals surface area contributed by atoms with E-state index in [2.05, 4.69) is 39.7 Å². The first kappa shape index (κ1) is 18.6. The van der Waals surface area contributed by atoms with Gasteiger partial charge in [-0.3, -0.25) is 0 Å². The number of rotatable bonds is 5. The molecule has 0 spiro atoms. The number of pyridine rings is 1. The molecule has 1 aromatic carbocycles. The topological polar surface area (TPSA) is 49.4 Å². The lowest BCUT2D eigenvalue weighted by Gasteiger charge is -2.29. The van der Waals surface area contributed by atoms with Crippen molar-refractivity contribution in [1.82, 2.24) is 15.2 Å². The molecule has 1 fully saturated rings. The molecule has 2 heterocycles. The molecule has 0 bridgehead atoms. The van der Waals surface area contributed by atoms with Crippen molar-refractivity contribution in [3.63, 3.8) is 0 Å². The third-order valence-corrected chi connectivity index (χ3v) is 4.74. The number of piperidine rings is 1. The summed E-state index contributed by atoms with van der Waals surface area (Å²) < 4.78 is 6.08. The van der Waals surface area contributed by atoms with Gasteiger partial charge in [-0.25, -0.2) is 4.98 Å².